The Morgan fingerprint density at radius 1 is 1.11 bits per heavy atom. The first-order valence-electron chi connectivity index (χ1n) is 14.2. The van der Waals surface area contributed by atoms with E-state index in [-0.39, 0.29) is 29.1 Å². The quantitative estimate of drug-likeness (QED) is 0.287. The highest BCUT2D eigenvalue weighted by molar-refractivity contribution is 5.88. The summed E-state index contributed by atoms with van der Waals surface area (Å²) >= 11 is 0. The molecule has 2 aromatic heterocycles. The molecule has 0 amide bonds. The van der Waals surface area contributed by atoms with Crippen molar-refractivity contribution in [3.05, 3.63) is 70.0 Å². The van der Waals surface area contributed by atoms with Gasteiger partial charge in [0.15, 0.2) is 11.0 Å². The van der Waals surface area contributed by atoms with Crippen LogP contribution in [-0.4, -0.2) is 73.2 Å². The largest absolute Gasteiger partial charge is 0.477 e. The fourth-order valence-electron chi connectivity index (χ4n) is 6.09. The van der Waals surface area contributed by atoms with Crippen LogP contribution in [0.2, 0.25) is 0 Å². The molecule has 1 N–H and O–H groups in total. The number of alkyl halides is 3. The number of carboxylic acids is 1. The number of hydrogen-bond acceptors (Lipinski definition) is 8. The third kappa shape index (κ3) is 5.52. The first-order valence-corrected chi connectivity index (χ1v) is 14.2. The van der Waals surface area contributed by atoms with E-state index in [4.69, 9.17) is 13.9 Å². The zero-order valence-electron chi connectivity index (χ0n) is 24.1. The Kier molecular flexibility index (Phi) is 7.84. The van der Waals surface area contributed by atoms with Gasteiger partial charge in [-0.05, 0) is 49.1 Å². The molecule has 2 aromatic carbocycles. The first kappa shape index (κ1) is 29.7. The van der Waals surface area contributed by atoms with Crippen LogP contribution in [0.15, 0.2) is 57.9 Å². The van der Waals surface area contributed by atoms with Crippen molar-refractivity contribution in [2.24, 2.45) is 0 Å². The summed E-state index contributed by atoms with van der Waals surface area (Å²) < 4.78 is 61.3. The fourth-order valence-corrected chi connectivity index (χ4v) is 6.09. The third-order valence-corrected chi connectivity index (χ3v) is 8.32. The highest BCUT2D eigenvalue weighted by atomic mass is 19.4. The number of pyridine rings is 1. The molecular weight excluding hydrogens is 581 g/mol. The zero-order valence-corrected chi connectivity index (χ0v) is 24.1. The van der Waals surface area contributed by atoms with Crippen LogP contribution in [0.4, 0.5) is 24.9 Å². The lowest BCUT2D eigenvalue weighted by Crippen LogP contribution is -2.32. The van der Waals surface area contributed by atoms with E-state index in [0.717, 1.165) is 37.7 Å². The van der Waals surface area contributed by atoms with E-state index < -0.39 is 28.7 Å². The number of hydrogen-bond donors (Lipinski definition) is 1. The number of aromatic carboxylic acids is 1. The molecule has 0 aliphatic carbocycles. The van der Waals surface area contributed by atoms with E-state index in [9.17, 15) is 27.9 Å². The maximum atomic E-state index is 14.4. The molecule has 0 unspecified atom stereocenters. The van der Waals surface area contributed by atoms with Crippen molar-refractivity contribution in [2.75, 3.05) is 50.3 Å². The second-order valence-corrected chi connectivity index (χ2v) is 11.0. The second kappa shape index (κ2) is 11.6. The van der Waals surface area contributed by atoms with Crippen LogP contribution < -0.4 is 15.2 Å². The molecule has 232 valence electrons. The van der Waals surface area contributed by atoms with Crippen LogP contribution in [0.25, 0.3) is 28.0 Å². The predicted molar refractivity (Wildman–Crippen MR) is 157 cm³/mol. The summed E-state index contributed by atoms with van der Waals surface area (Å²) in [6.07, 6.45) is -1.25. The van der Waals surface area contributed by atoms with E-state index in [0.29, 0.717) is 48.9 Å². The van der Waals surface area contributed by atoms with Crippen LogP contribution in [0.1, 0.15) is 35.2 Å². The van der Waals surface area contributed by atoms with Crippen molar-refractivity contribution in [2.45, 2.75) is 37.6 Å². The van der Waals surface area contributed by atoms with Crippen LogP contribution in [0.3, 0.4) is 0 Å². The van der Waals surface area contributed by atoms with Crippen molar-refractivity contribution in [3.8, 4) is 16.9 Å². The number of aromatic nitrogens is 2. The van der Waals surface area contributed by atoms with Crippen LogP contribution in [0.5, 0.6) is 0 Å². The molecule has 6 rings (SSSR count). The SMILES string of the molecule is COC[C@H]1CCCN1c1nc2ccc(-n3cc(C(=O)O)c(=O)cc3-c3ccc(N4CC[C@@H](OC)C4)c(C(F)(F)F)c3)cc2o1. The fraction of sp³-hybridized carbons (Fsp3) is 0.387. The standard InChI is InChI=1S/C31H31F3N4O6/c1-42-17-20-4-3-10-37(20)30-35-24-7-6-19(13-28(24)44-30)38-16-22(29(40)41)27(39)14-26(38)18-5-8-25(23(12-18)31(32,33)34)36-11-9-21(15-36)43-2/h5-8,12-14,16,20-21H,3-4,9-11,15,17H2,1-2H3,(H,40,41)/t20-,21-/m1/s1. The molecule has 2 aliphatic heterocycles. The molecule has 2 atom stereocenters. The number of methoxy groups -OCH3 is 2. The lowest BCUT2D eigenvalue weighted by molar-refractivity contribution is -0.137. The maximum absolute atomic E-state index is 14.4. The van der Waals surface area contributed by atoms with Gasteiger partial charge < -0.3 is 33.4 Å². The normalized spacial score (nSPS) is 18.9. The van der Waals surface area contributed by atoms with Gasteiger partial charge in [-0.25, -0.2) is 4.79 Å². The monoisotopic (exact) mass is 612 g/mol. The second-order valence-electron chi connectivity index (χ2n) is 11.0. The lowest BCUT2D eigenvalue weighted by Gasteiger charge is -2.24. The van der Waals surface area contributed by atoms with Crippen molar-refractivity contribution in [3.63, 3.8) is 0 Å². The summed E-state index contributed by atoms with van der Waals surface area (Å²) in [5, 5.41) is 9.69. The van der Waals surface area contributed by atoms with Crippen molar-refractivity contribution >= 4 is 28.8 Å². The van der Waals surface area contributed by atoms with Gasteiger partial charge in [0, 0.05) is 63.6 Å². The Bertz CT molecular complexity index is 1770. The third-order valence-electron chi connectivity index (χ3n) is 8.32. The molecule has 2 saturated heterocycles. The average Bonchev–Trinajstić information content (AvgIpc) is 3.75. The predicted octanol–water partition coefficient (Wildman–Crippen LogP) is 5.20. The van der Waals surface area contributed by atoms with Gasteiger partial charge in [-0.2, -0.15) is 18.2 Å². The Hall–Kier alpha value is -4.36. The van der Waals surface area contributed by atoms with E-state index >= 15 is 0 Å². The van der Waals surface area contributed by atoms with Gasteiger partial charge in [0.25, 0.3) is 6.01 Å². The number of ether oxygens (including phenoxy) is 2. The smallest absolute Gasteiger partial charge is 0.418 e. The number of anilines is 2. The summed E-state index contributed by atoms with van der Waals surface area (Å²) in [7, 11) is 3.17. The Morgan fingerprint density at radius 2 is 1.93 bits per heavy atom. The van der Waals surface area contributed by atoms with E-state index in [1.807, 2.05) is 4.90 Å². The number of carboxylic acid groups (broad SMARTS) is 1. The summed E-state index contributed by atoms with van der Waals surface area (Å²) in [6.45, 7) is 1.99. The minimum Gasteiger partial charge on any atom is -0.477 e. The molecule has 0 saturated carbocycles. The summed E-state index contributed by atoms with van der Waals surface area (Å²) in [5.74, 6) is -1.45. The molecule has 2 aliphatic rings. The first-order chi connectivity index (χ1) is 21.1. The molecule has 13 heteroatoms. The number of nitrogens with zero attached hydrogens (tertiary/aromatic N) is 4. The minimum absolute atomic E-state index is 0.0150. The van der Waals surface area contributed by atoms with Crippen molar-refractivity contribution in [1.29, 1.82) is 0 Å². The van der Waals surface area contributed by atoms with E-state index in [2.05, 4.69) is 4.98 Å². The highest BCUT2D eigenvalue weighted by Gasteiger charge is 2.37. The van der Waals surface area contributed by atoms with Crippen molar-refractivity contribution < 1.29 is 37.0 Å². The van der Waals surface area contributed by atoms with Gasteiger partial charge in [-0.15, -0.1) is 0 Å². The number of rotatable bonds is 8. The molecule has 0 radical (unpaired) electrons. The molecule has 0 spiro atoms. The molecule has 10 nitrogen and oxygen atoms in total. The van der Waals surface area contributed by atoms with E-state index in [1.165, 1.54) is 23.8 Å². The summed E-state index contributed by atoms with van der Waals surface area (Å²) in [5.41, 5.74) is -0.686. The van der Waals surface area contributed by atoms with Gasteiger partial charge in [-0.3, -0.25) is 4.79 Å². The van der Waals surface area contributed by atoms with E-state index in [1.54, 1.807) is 30.2 Å². The Balaban J connectivity index is 1.46. The van der Waals surface area contributed by atoms with Crippen LogP contribution in [0, 0.1) is 0 Å². The molecule has 2 fully saturated rings. The molecule has 4 heterocycles. The molecule has 44 heavy (non-hydrogen) atoms. The van der Waals surface area contributed by atoms with Crippen LogP contribution in [-0.2, 0) is 15.7 Å². The minimum atomic E-state index is -4.69. The Labute approximate surface area is 250 Å². The van der Waals surface area contributed by atoms with Crippen LogP contribution >= 0.6 is 0 Å². The number of halogens is 3. The average molecular weight is 613 g/mol. The number of fused-ring (bicyclic) bond motifs is 1. The Morgan fingerprint density at radius 3 is 2.64 bits per heavy atom. The van der Waals surface area contributed by atoms with Crippen molar-refractivity contribution in [1.82, 2.24) is 9.55 Å². The molecule has 0 bridgehead atoms. The van der Waals surface area contributed by atoms with Gasteiger partial charge >= 0.3 is 12.1 Å². The number of oxazole rings is 1. The molecule has 4 aromatic rings. The van der Waals surface area contributed by atoms with Gasteiger partial charge in [0.2, 0.25) is 0 Å². The zero-order chi connectivity index (χ0) is 31.2. The van der Waals surface area contributed by atoms with Gasteiger partial charge in [0.1, 0.15) is 11.1 Å². The van der Waals surface area contributed by atoms with Gasteiger partial charge in [0.05, 0.1) is 30.0 Å². The van der Waals surface area contributed by atoms with Gasteiger partial charge in [-0.1, -0.05) is 6.07 Å². The number of carbonyl (C=O) groups is 1. The lowest BCUT2D eigenvalue weighted by atomic mass is 10.0. The maximum Gasteiger partial charge on any atom is 0.418 e. The number of benzene rings is 2. The highest BCUT2D eigenvalue weighted by Crippen LogP contribution is 2.41. The summed E-state index contributed by atoms with van der Waals surface area (Å²) in [6, 6.07) is 10.4. The topological polar surface area (TPSA) is 110 Å². The summed E-state index contributed by atoms with van der Waals surface area (Å²) in [4.78, 5) is 33.0. The molecular formula is C31H31F3N4O6.